The van der Waals surface area contributed by atoms with E-state index in [0.29, 0.717) is 0 Å². The maximum Gasteiger partial charge on any atom is 1.00 e. The normalized spacial score (nSPS) is 11.5. The molecule has 0 aliphatic carbocycles. The Hall–Kier alpha value is 0.520. The van der Waals surface area contributed by atoms with Crippen LogP contribution >= 0.6 is 0 Å². The molecule has 2 rings (SSSR count). The predicted octanol–water partition coefficient (Wildman–Crippen LogP) is -5.34. The van der Waals surface area contributed by atoms with Crippen LogP contribution in [0.2, 0.25) is 0 Å². The molecular formula is C10H6Na2O6S2. The molecule has 10 heteroatoms. The monoisotopic (exact) mass is 332 g/mol. The van der Waals surface area contributed by atoms with Crippen LogP contribution in [0.4, 0.5) is 0 Å². The minimum Gasteiger partial charge on any atom is -0.744 e. The van der Waals surface area contributed by atoms with E-state index in [9.17, 15) is 25.9 Å². The minimum absolute atomic E-state index is 0. The Morgan fingerprint density at radius 1 is 0.650 bits per heavy atom. The van der Waals surface area contributed by atoms with Gasteiger partial charge in [0.05, 0.1) is 9.79 Å². The second-order valence-electron chi connectivity index (χ2n) is 3.52. The van der Waals surface area contributed by atoms with Crippen molar-refractivity contribution < 1.29 is 85.1 Å². The first-order valence-electron chi connectivity index (χ1n) is 4.65. The van der Waals surface area contributed by atoms with E-state index < -0.39 is 30.0 Å². The van der Waals surface area contributed by atoms with Crippen LogP contribution in [-0.4, -0.2) is 25.9 Å². The molecule has 0 bridgehead atoms. The van der Waals surface area contributed by atoms with Crippen LogP contribution in [0.5, 0.6) is 0 Å². The molecule has 0 amide bonds. The summed E-state index contributed by atoms with van der Waals surface area (Å²) in [7, 11) is -9.48. The molecule has 0 heterocycles. The third kappa shape index (κ3) is 4.26. The van der Waals surface area contributed by atoms with Gasteiger partial charge in [0.2, 0.25) is 0 Å². The summed E-state index contributed by atoms with van der Waals surface area (Å²) < 4.78 is 66.1. The Morgan fingerprint density at radius 3 is 1.20 bits per heavy atom. The zero-order valence-corrected chi connectivity index (χ0v) is 16.4. The molecule has 0 spiro atoms. The number of hydrogen-bond acceptors (Lipinski definition) is 6. The maximum atomic E-state index is 11.0. The summed E-state index contributed by atoms with van der Waals surface area (Å²) in [4.78, 5) is -1.10. The molecular weight excluding hydrogens is 326 g/mol. The van der Waals surface area contributed by atoms with Crippen molar-refractivity contribution in [3.8, 4) is 0 Å². The van der Waals surface area contributed by atoms with Crippen molar-refractivity contribution in [3.05, 3.63) is 36.4 Å². The van der Waals surface area contributed by atoms with Gasteiger partial charge in [0, 0.05) is 10.8 Å². The van der Waals surface area contributed by atoms with Crippen molar-refractivity contribution in [2.24, 2.45) is 0 Å². The third-order valence-corrected chi connectivity index (χ3v) is 4.17. The Kier molecular flexibility index (Phi) is 7.37. The van der Waals surface area contributed by atoms with Crippen LogP contribution in [0.3, 0.4) is 0 Å². The fourth-order valence-electron chi connectivity index (χ4n) is 1.69. The van der Waals surface area contributed by atoms with E-state index in [-0.39, 0.29) is 69.9 Å². The van der Waals surface area contributed by atoms with Crippen molar-refractivity contribution >= 4 is 31.0 Å². The van der Waals surface area contributed by atoms with Crippen molar-refractivity contribution in [1.29, 1.82) is 0 Å². The molecule has 0 atom stereocenters. The molecule has 96 valence electrons. The van der Waals surface area contributed by atoms with Gasteiger partial charge in [-0.05, 0) is 12.1 Å². The third-order valence-electron chi connectivity index (χ3n) is 2.38. The number of rotatable bonds is 2. The summed E-state index contributed by atoms with van der Waals surface area (Å²) >= 11 is 0. The number of fused-ring (bicyclic) bond motifs is 1. The molecule has 0 aliphatic rings. The van der Waals surface area contributed by atoms with Gasteiger partial charge in [0.1, 0.15) is 20.2 Å². The van der Waals surface area contributed by atoms with Crippen molar-refractivity contribution in [1.82, 2.24) is 0 Å². The molecule has 0 saturated heterocycles. The van der Waals surface area contributed by atoms with E-state index in [0.717, 1.165) is 12.1 Å². The zero-order valence-electron chi connectivity index (χ0n) is 10.7. The standard InChI is InChI=1S/C10H8O6S2.2Na/c11-17(12,13)9-5-1-3-7-8(9)4-2-6-10(7)18(14,15)16;;/h1-6H,(H,11,12,13)(H,14,15,16);;/q;2*+1/p-2. The Labute approximate surface area is 160 Å². The van der Waals surface area contributed by atoms with Crippen LogP contribution in [0.25, 0.3) is 10.8 Å². The molecule has 20 heavy (non-hydrogen) atoms. The molecule has 2 aromatic rings. The van der Waals surface area contributed by atoms with Crippen LogP contribution in [0, 0.1) is 0 Å². The van der Waals surface area contributed by atoms with Gasteiger partial charge in [-0.1, -0.05) is 24.3 Å². The zero-order chi connectivity index (χ0) is 13.6. The largest absolute Gasteiger partial charge is 1.00 e. The molecule has 6 nitrogen and oxygen atoms in total. The second-order valence-corrected chi connectivity index (χ2v) is 6.21. The first-order valence-corrected chi connectivity index (χ1v) is 7.46. The number of benzene rings is 2. The Bertz CT molecular complexity index is 759. The van der Waals surface area contributed by atoms with Gasteiger partial charge in [0.15, 0.2) is 0 Å². The van der Waals surface area contributed by atoms with Crippen molar-refractivity contribution in [3.63, 3.8) is 0 Å². The van der Waals surface area contributed by atoms with E-state index >= 15 is 0 Å². The fraction of sp³-hybridized carbons (Fsp3) is 0. The summed E-state index contributed by atoms with van der Waals surface area (Å²) in [6, 6.07) is 7.09. The van der Waals surface area contributed by atoms with Crippen molar-refractivity contribution in [2.75, 3.05) is 0 Å². The molecule has 0 fully saturated rings. The molecule has 0 aliphatic heterocycles. The Balaban J connectivity index is 0.00000180. The van der Waals surface area contributed by atoms with Gasteiger partial charge in [-0.15, -0.1) is 0 Å². The SMILES string of the molecule is O=S(=O)([O-])c1cccc2c(S(=O)(=O)[O-])cccc12.[Na+].[Na+]. The van der Waals surface area contributed by atoms with Gasteiger partial charge >= 0.3 is 59.1 Å². The van der Waals surface area contributed by atoms with Gasteiger partial charge in [-0.2, -0.15) is 0 Å². The summed E-state index contributed by atoms with van der Waals surface area (Å²) in [5.41, 5.74) is 0. The second kappa shape index (κ2) is 7.19. The molecule has 0 aromatic heterocycles. The van der Waals surface area contributed by atoms with E-state index in [1.807, 2.05) is 0 Å². The maximum absolute atomic E-state index is 11.0. The van der Waals surface area contributed by atoms with E-state index in [1.165, 1.54) is 24.3 Å². The van der Waals surface area contributed by atoms with Crippen LogP contribution in [0.15, 0.2) is 46.2 Å². The summed E-state index contributed by atoms with van der Waals surface area (Å²) in [6.07, 6.45) is 0. The minimum atomic E-state index is -4.74. The van der Waals surface area contributed by atoms with Crippen molar-refractivity contribution in [2.45, 2.75) is 9.79 Å². The summed E-state index contributed by atoms with van der Waals surface area (Å²) in [6.45, 7) is 0. The van der Waals surface area contributed by atoms with Gasteiger partial charge in [-0.25, -0.2) is 16.8 Å². The first kappa shape index (κ1) is 20.5. The number of hydrogen-bond donors (Lipinski definition) is 0. The molecule has 0 N–H and O–H groups in total. The predicted molar refractivity (Wildman–Crippen MR) is 59.9 cm³/mol. The Morgan fingerprint density at radius 2 is 0.950 bits per heavy atom. The molecule has 0 saturated carbocycles. The van der Waals surface area contributed by atoms with E-state index in [1.54, 1.807) is 0 Å². The quantitative estimate of drug-likeness (QED) is 0.401. The summed E-state index contributed by atoms with van der Waals surface area (Å²) in [5, 5.41) is -0.158. The average Bonchev–Trinajstić information content (AvgIpc) is 2.24. The first-order chi connectivity index (χ1) is 8.21. The smallest absolute Gasteiger partial charge is 0.744 e. The van der Waals surface area contributed by atoms with E-state index in [4.69, 9.17) is 0 Å². The topological polar surface area (TPSA) is 114 Å². The molecule has 2 aromatic carbocycles. The van der Waals surface area contributed by atoms with Gasteiger partial charge < -0.3 is 9.11 Å². The van der Waals surface area contributed by atoms with Gasteiger partial charge in [-0.3, -0.25) is 0 Å². The molecule has 0 unspecified atom stereocenters. The van der Waals surface area contributed by atoms with Gasteiger partial charge in [0.25, 0.3) is 0 Å². The van der Waals surface area contributed by atoms with E-state index in [2.05, 4.69) is 0 Å². The van der Waals surface area contributed by atoms with Crippen LogP contribution in [-0.2, 0) is 20.2 Å². The average molecular weight is 332 g/mol. The summed E-state index contributed by atoms with van der Waals surface area (Å²) in [5.74, 6) is 0. The van der Waals surface area contributed by atoms with Crippen LogP contribution < -0.4 is 59.1 Å². The molecule has 0 radical (unpaired) electrons. The van der Waals surface area contributed by atoms with Crippen LogP contribution in [0.1, 0.15) is 0 Å². The fourth-order valence-corrected chi connectivity index (χ4v) is 3.07.